The van der Waals surface area contributed by atoms with Crippen molar-refractivity contribution in [3.05, 3.63) is 46.3 Å². The highest BCUT2D eigenvalue weighted by molar-refractivity contribution is 5.86. The van der Waals surface area contributed by atoms with Crippen LogP contribution in [0, 0.1) is 0 Å². The van der Waals surface area contributed by atoms with Gasteiger partial charge in [0.25, 0.3) is 0 Å². The number of rotatable bonds is 5. The first-order chi connectivity index (χ1) is 10.4. The summed E-state index contributed by atoms with van der Waals surface area (Å²) in [5, 5.41) is 21.0. The van der Waals surface area contributed by atoms with Crippen LogP contribution >= 0.6 is 0 Å². The number of fused-ring (bicyclic) bond motifs is 1. The van der Waals surface area contributed by atoms with Gasteiger partial charge in [0.15, 0.2) is 11.3 Å². The van der Waals surface area contributed by atoms with Crippen LogP contribution in [0.5, 0.6) is 11.5 Å². The molecule has 2 atom stereocenters. The zero-order valence-electron chi connectivity index (χ0n) is 12.6. The number of methoxy groups -OCH3 is 2. The Morgan fingerprint density at radius 2 is 2.05 bits per heavy atom. The minimum absolute atomic E-state index is 0.0211. The summed E-state index contributed by atoms with van der Waals surface area (Å²) in [4.78, 5) is 11.3. The second-order valence-electron chi connectivity index (χ2n) is 4.97. The molecule has 6 heteroatoms. The van der Waals surface area contributed by atoms with Crippen molar-refractivity contribution in [3.8, 4) is 11.5 Å². The Morgan fingerprint density at radius 3 is 2.59 bits per heavy atom. The summed E-state index contributed by atoms with van der Waals surface area (Å²) in [5.74, 6) is -0.238. The Morgan fingerprint density at radius 1 is 1.36 bits per heavy atom. The van der Waals surface area contributed by atoms with Crippen LogP contribution in [-0.4, -0.2) is 30.5 Å². The van der Waals surface area contributed by atoms with Crippen LogP contribution in [0.4, 0.5) is 0 Å². The smallest absolute Gasteiger partial charge is 0.336 e. The topological polar surface area (TPSA) is 89.1 Å². The maximum atomic E-state index is 11.3. The second kappa shape index (κ2) is 6.21. The van der Waals surface area contributed by atoms with E-state index in [4.69, 9.17) is 13.9 Å². The number of hydrogen-bond acceptors (Lipinski definition) is 6. The fraction of sp³-hybridized carbons (Fsp3) is 0.312. The molecule has 0 bridgehead atoms. The third kappa shape index (κ3) is 2.70. The van der Waals surface area contributed by atoms with E-state index in [0.717, 1.165) is 0 Å². The number of hydrogen-bond donors (Lipinski definition) is 2. The standard InChI is InChI=1S/C16H18O6/c1-8(2)12(18)15(20-3)10-7-9-5-6-11(17)22-14(9)13(19)16(10)21-4/h5-7,12,15,18-19H,1H2,2-4H3. The molecule has 0 amide bonds. The summed E-state index contributed by atoms with van der Waals surface area (Å²) < 4.78 is 15.5. The molecule has 2 unspecified atom stereocenters. The van der Waals surface area contributed by atoms with E-state index in [-0.39, 0.29) is 17.1 Å². The Balaban J connectivity index is 2.74. The fourth-order valence-electron chi connectivity index (χ4n) is 2.31. The Labute approximate surface area is 127 Å². The van der Waals surface area contributed by atoms with E-state index in [1.807, 2.05) is 0 Å². The minimum atomic E-state index is -0.980. The van der Waals surface area contributed by atoms with Gasteiger partial charge < -0.3 is 24.1 Å². The summed E-state index contributed by atoms with van der Waals surface area (Å²) in [6.45, 7) is 5.38. The summed E-state index contributed by atoms with van der Waals surface area (Å²) in [7, 11) is 2.80. The summed E-state index contributed by atoms with van der Waals surface area (Å²) >= 11 is 0. The molecule has 0 aliphatic rings. The predicted molar refractivity (Wildman–Crippen MR) is 81.3 cm³/mol. The predicted octanol–water partition coefficient (Wildman–Crippen LogP) is 2.13. The van der Waals surface area contributed by atoms with Gasteiger partial charge in [0.1, 0.15) is 12.2 Å². The molecule has 6 nitrogen and oxygen atoms in total. The van der Waals surface area contributed by atoms with Crippen LogP contribution in [0.25, 0.3) is 11.0 Å². The molecule has 0 aliphatic heterocycles. The molecule has 0 spiro atoms. The van der Waals surface area contributed by atoms with Gasteiger partial charge in [-0.3, -0.25) is 0 Å². The van der Waals surface area contributed by atoms with Crippen LogP contribution in [0.1, 0.15) is 18.6 Å². The van der Waals surface area contributed by atoms with Gasteiger partial charge in [-0.15, -0.1) is 0 Å². The lowest BCUT2D eigenvalue weighted by Crippen LogP contribution is -2.21. The molecule has 0 saturated carbocycles. The first-order valence-corrected chi connectivity index (χ1v) is 6.60. The van der Waals surface area contributed by atoms with Gasteiger partial charge >= 0.3 is 5.63 Å². The Bertz CT molecular complexity index is 761. The lowest BCUT2D eigenvalue weighted by molar-refractivity contribution is 0.00412. The quantitative estimate of drug-likeness (QED) is 0.650. The van der Waals surface area contributed by atoms with E-state index < -0.39 is 17.8 Å². The van der Waals surface area contributed by atoms with Crippen LogP contribution in [0.15, 0.2) is 39.6 Å². The molecule has 0 saturated heterocycles. The summed E-state index contributed by atoms with van der Waals surface area (Å²) in [6, 6.07) is 4.40. The van der Waals surface area contributed by atoms with Gasteiger partial charge in [0, 0.05) is 24.1 Å². The van der Waals surface area contributed by atoms with Gasteiger partial charge in [-0.2, -0.15) is 0 Å². The minimum Gasteiger partial charge on any atom is -0.502 e. The molecular weight excluding hydrogens is 288 g/mol. The second-order valence-corrected chi connectivity index (χ2v) is 4.97. The Hall–Kier alpha value is -2.31. The number of aliphatic hydroxyl groups is 1. The van der Waals surface area contributed by atoms with E-state index in [1.165, 1.54) is 26.4 Å². The van der Waals surface area contributed by atoms with Crippen molar-refractivity contribution in [3.63, 3.8) is 0 Å². The van der Waals surface area contributed by atoms with Crippen LogP contribution < -0.4 is 10.4 Å². The number of ether oxygens (including phenoxy) is 2. The number of aromatic hydroxyl groups is 1. The van der Waals surface area contributed by atoms with Crippen molar-refractivity contribution in [1.82, 2.24) is 0 Å². The highest BCUT2D eigenvalue weighted by atomic mass is 16.5. The van der Waals surface area contributed by atoms with Crippen LogP contribution in [0.3, 0.4) is 0 Å². The van der Waals surface area contributed by atoms with Gasteiger partial charge in [0.2, 0.25) is 5.75 Å². The zero-order chi connectivity index (χ0) is 16.4. The number of benzene rings is 1. The van der Waals surface area contributed by atoms with E-state index in [2.05, 4.69) is 6.58 Å². The van der Waals surface area contributed by atoms with Crippen LogP contribution in [0.2, 0.25) is 0 Å². The van der Waals surface area contributed by atoms with Crippen molar-refractivity contribution in [2.45, 2.75) is 19.1 Å². The maximum Gasteiger partial charge on any atom is 0.336 e. The molecule has 2 aromatic rings. The van der Waals surface area contributed by atoms with Crippen LogP contribution in [-0.2, 0) is 4.74 Å². The molecule has 1 aromatic carbocycles. The number of aliphatic hydroxyl groups excluding tert-OH is 1. The molecule has 1 heterocycles. The van der Waals surface area contributed by atoms with Crippen molar-refractivity contribution < 1.29 is 24.1 Å². The molecule has 0 aliphatic carbocycles. The van der Waals surface area contributed by atoms with Crippen molar-refractivity contribution in [1.29, 1.82) is 0 Å². The van der Waals surface area contributed by atoms with Crippen molar-refractivity contribution in [2.24, 2.45) is 0 Å². The van der Waals surface area contributed by atoms with Crippen molar-refractivity contribution >= 4 is 11.0 Å². The lowest BCUT2D eigenvalue weighted by Gasteiger charge is -2.24. The highest BCUT2D eigenvalue weighted by Gasteiger charge is 2.28. The maximum absolute atomic E-state index is 11.3. The largest absolute Gasteiger partial charge is 0.502 e. The third-order valence-corrected chi connectivity index (χ3v) is 3.42. The summed E-state index contributed by atoms with van der Waals surface area (Å²) in [6.07, 6.45) is -1.76. The van der Waals surface area contributed by atoms with E-state index in [1.54, 1.807) is 13.0 Å². The molecule has 22 heavy (non-hydrogen) atoms. The van der Waals surface area contributed by atoms with E-state index >= 15 is 0 Å². The fourth-order valence-corrected chi connectivity index (χ4v) is 2.31. The monoisotopic (exact) mass is 306 g/mol. The molecule has 0 fully saturated rings. The lowest BCUT2D eigenvalue weighted by atomic mass is 9.97. The Kier molecular flexibility index (Phi) is 4.54. The molecule has 2 N–H and O–H groups in total. The third-order valence-electron chi connectivity index (χ3n) is 3.42. The molecular formula is C16H18O6. The zero-order valence-corrected chi connectivity index (χ0v) is 12.6. The van der Waals surface area contributed by atoms with Crippen molar-refractivity contribution in [2.75, 3.05) is 14.2 Å². The SMILES string of the molecule is C=C(C)C(O)C(OC)c1cc2ccc(=O)oc2c(O)c1OC. The first-order valence-electron chi connectivity index (χ1n) is 6.60. The average molecular weight is 306 g/mol. The van der Waals surface area contributed by atoms with Gasteiger partial charge in [-0.05, 0) is 24.6 Å². The highest BCUT2D eigenvalue weighted by Crippen LogP contribution is 2.42. The van der Waals surface area contributed by atoms with Gasteiger partial charge in [0.05, 0.1) is 7.11 Å². The molecule has 2 rings (SSSR count). The first kappa shape index (κ1) is 16.1. The molecule has 118 valence electrons. The van der Waals surface area contributed by atoms with Gasteiger partial charge in [-0.25, -0.2) is 4.79 Å². The average Bonchev–Trinajstić information content (AvgIpc) is 2.49. The number of phenolic OH excluding ortho intramolecular Hbond substituents is 1. The molecule has 0 radical (unpaired) electrons. The van der Waals surface area contributed by atoms with E-state index in [9.17, 15) is 15.0 Å². The van der Waals surface area contributed by atoms with Gasteiger partial charge in [-0.1, -0.05) is 6.58 Å². The number of phenols is 1. The molecule has 1 aromatic heterocycles. The normalized spacial score (nSPS) is 13.8. The van der Waals surface area contributed by atoms with E-state index in [0.29, 0.717) is 16.5 Å². The summed E-state index contributed by atoms with van der Waals surface area (Å²) in [5.41, 5.74) is 0.378.